The van der Waals surface area contributed by atoms with Crippen molar-refractivity contribution in [1.29, 1.82) is 0 Å². The first kappa shape index (κ1) is 15.9. The Balaban J connectivity index is 1.33. The van der Waals surface area contributed by atoms with Crippen LogP contribution in [0, 0.1) is 23.1 Å². The van der Waals surface area contributed by atoms with Crippen molar-refractivity contribution < 1.29 is 23.8 Å². The van der Waals surface area contributed by atoms with E-state index < -0.39 is 16.8 Å². The first-order valence-electron chi connectivity index (χ1n) is 8.75. The van der Waals surface area contributed by atoms with Gasteiger partial charge in [0.05, 0.1) is 11.0 Å². The number of aliphatic hydroxyl groups is 1. The fraction of sp³-hybridized carbons (Fsp3) is 0.632. The molecule has 130 valence electrons. The lowest BCUT2D eigenvalue weighted by Crippen LogP contribution is -2.58. The van der Waals surface area contributed by atoms with E-state index in [-0.39, 0.29) is 24.9 Å². The fourth-order valence-electron chi connectivity index (χ4n) is 5.45. The number of hydrogen-bond donors (Lipinski definition) is 1. The molecule has 24 heavy (non-hydrogen) atoms. The van der Waals surface area contributed by atoms with E-state index in [1.807, 2.05) is 0 Å². The Hall–Kier alpha value is -1.62. The first-order chi connectivity index (χ1) is 11.5. The van der Waals surface area contributed by atoms with Crippen LogP contribution in [0.3, 0.4) is 0 Å². The quantitative estimate of drug-likeness (QED) is 0.664. The molecule has 4 fully saturated rings. The lowest BCUT2D eigenvalue weighted by Gasteiger charge is -2.58. The van der Waals surface area contributed by atoms with Crippen LogP contribution < -0.4 is 4.74 Å². The molecule has 1 N–H and O–H groups in total. The standard InChI is InChI=1S/C19H23FO4/c20-15-3-1-2-4-16(15)23-5-6-24-17(21)18-8-13-7-14(9-18)11-19(22,10-13)12-18/h1-4,13-14,22H,5-12H2. The van der Waals surface area contributed by atoms with Crippen LogP contribution in [0.25, 0.3) is 0 Å². The van der Waals surface area contributed by atoms with Gasteiger partial charge in [0, 0.05) is 0 Å². The van der Waals surface area contributed by atoms with Crippen LogP contribution in [0.15, 0.2) is 24.3 Å². The van der Waals surface area contributed by atoms with Gasteiger partial charge in [-0.15, -0.1) is 0 Å². The van der Waals surface area contributed by atoms with Crippen LogP contribution in [0.4, 0.5) is 4.39 Å². The Kier molecular flexibility index (Phi) is 3.79. The molecule has 1 aromatic rings. The third-order valence-corrected chi connectivity index (χ3v) is 5.87. The zero-order valence-corrected chi connectivity index (χ0v) is 13.7. The maximum Gasteiger partial charge on any atom is 0.312 e. The summed E-state index contributed by atoms with van der Waals surface area (Å²) >= 11 is 0. The van der Waals surface area contributed by atoms with E-state index in [1.165, 1.54) is 6.07 Å². The smallest absolute Gasteiger partial charge is 0.312 e. The van der Waals surface area contributed by atoms with E-state index >= 15 is 0 Å². The van der Waals surface area contributed by atoms with E-state index in [0.29, 0.717) is 18.3 Å². The molecule has 0 spiro atoms. The predicted molar refractivity (Wildman–Crippen MR) is 84.9 cm³/mol. The van der Waals surface area contributed by atoms with Gasteiger partial charge in [-0.1, -0.05) is 12.1 Å². The monoisotopic (exact) mass is 334 g/mol. The molecule has 5 heteroatoms. The minimum Gasteiger partial charge on any atom is -0.487 e. The Morgan fingerprint density at radius 2 is 1.88 bits per heavy atom. The summed E-state index contributed by atoms with van der Waals surface area (Å²) in [5.41, 5.74) is -1.19. The van der Waals surface area contributed by atoms with Crippen molar-refractivity contribution in [3.05, 3.63) is 30.1 Å². The summed E-state index contributed by atoms with van der Waals surface area (Å²) in [6.45, 7) is 0.225. The third-order valence-electron chi connectivity index (χ3n) is 5.87. The second kappa shape index (κ2) is 5.73. The normalized spacial score (nSPS) is 36.6. The van der Waals surface area contributed by atoms with E-state index in [0.717, 1.165) is 32.1 Å². The largest absolute Gasteiger partial charge is 0.487 e. The van der Waals surface area contributed by atoms with Crippen LogP contribution in [0.2, 0.25) is 0 Å². The van der Waals surface area contributed by atoms with Crippen molar-refractivity contribution in [1.82, 2.24) is 0 Å². The van der Waals surface area contributed by atoms with Crippen LogP contribution in [0.5, 0.6) is 5.75 Å². The molecule has 0 saturated heterocycles. The average Bonchev–Trinajstić information content (AvgIpc) is 2.50. The molecule has 0 radical (unpaired) electrons. The van der Waals surface area contributed by atoms with Crippen molar-refractivity contribution in [2.45, 2.75) is 44.1 Å². The van der Waals surface area contributed by atoms with Crippen LogP contribution >= 0.6 is 0 Å². The van der Waals surface area contributed by atoms with Crippen LogP contribution in [-0.4, -0.2) is 29.9 Å². The molecule has 2 unspecified atom stereocenters. The summed E-state index contributed by atoms with van der Waals surface area (Å²) in [5, 5.41) is 10.7. The SMILES string of the molecule is O=C(OCCOc1ccccc1F)C12CC3CC(CC(O)(C3)C1)C2. The van der Waals surface area contributed by atoms with Gasteiger partial charge in [0.15, 0.2) is 11.6 Å². The molecular weight excluding hydrogens is 311 g/mol. The predicted octanol–water partition coefficient (Wildman–Crippen LogP) is 3.08. The summed E-state index contributed by atoms with van der Waals surface area (Å²) in [6, 6.07) is 6.17. The second-order valence-electron chi connectivity index (χ2n) is 7.88. The molecular formula is C19H23FO4. The highest BCUT2D eigenvalue weighted by molar-refractivity contribution is 5.77. The Morgan fingerprint density at radius 3 is 2.54 bits per heavy atom. The molecule has 4 aliphatic rings. The van der Waals surface area contributed by atoms with E-state index in [2.05, 4.69) is 0 Å². The number of ether oxygens (including phenoxy) is 2. The summed E-state index contributed by atoms with van der Waals surface area (Å²) in [7, 11) is 0. The number of halogens is 1. The van der Waals surface area contributed by atoms with E-state index in [4.69, 9.17) is 9.47 Å². The van der Waals surface area contributed by atoms with Crippen molar-refractivity contribution in [2.24, 2.45) is 17.3 Å². The van der Waals surface area contributed by atoms with Gasteiger partial charge in [-0.3, -0.25) is 4.79 Å². The van der Waals surface area contributed by atoms with Crippen molar-refractivity contribution >= 4 is 5.97 Å². The summed E-state index contributed by atoms with van der Waals surface area (Å²) < 4.78 is 24.2. The highest BCUT2D eigenvalue weighted by Gasteiger charge is 2.60. The molecule has 4 nitrogen and oxygen atoms in total. The van der Waals surface area contributed by atoms with Gasteiger partial charge in [-0.25, -0.2) is 4.39 Å². The highest BCUT2D eigenvalue weighted by atomic mass is 19.1. The fourth-order valence-corrected chi connectivity index (χ4v) is 5.45. The summed E-state index contributed by atoms with van der Waals surface area (Å²) in [4.78, 5) is 12.7. The van der Waals surface area contributed by atoms with Crippen molar-refractivity contribution in [3.63, 3.8) is 0 Å². The minimum absolute atomic E-state index is 0.0999. The zero-order valence-electron chi connectivity index (χ0n) is 13.7. The lowest BCUT2D eigenvalue weighted by molar-refractivity contribution is -0.196. The molecule has 0 amide bonds. The maximum atomic E-state index is 13.5. The molecule has 4 saturated carbocycles. The van der Waals surface area contributed by atoms with Crippen molar-refractivity contribution in [2.75, 3.05) is 13.2 Å². The second-order valence-corrected chi connectivity index (χ2v) is 7.88. The van der Waals surface area contributed by atoms with Gasteiger partial charge >= 0.3 is 5.97 Å². The van der Waals surface area contributed by atoms with Gasteiger partial charge < -0.3 is 14.6 Å². The summed E-state index contributed by atoms with van der Waals surface area (Å²) in [6.07, 6.45) is 4.98. The minimum atomic E-state index is -0.674. The topological polar surface area (TPSA) is 55.8 Å². The van der Waals surface area contributed by atoms with Gasteiger partial charge in [0.2, 0.25) is 0 Å². The zero-order chi connectivity index (χ0) is 16.8. The molecule has 0 heterocycles. The number of esters is 1. The average molecular weight is 334 g/mol. The molecule has 4 bridgehead atoms. The van der Waals surface area contributed by atoms with E-state index in [1.54, 1.807) is 18.2 Å². The molecule has 1 aromatic carbocycles. The number of benzene rings is 1. The lowest BCUT2D eigenvalue weighted by atomic mass is 9.48. The van der Waals surface area contributed by atoms with Gasteiger partial charge in [-0.2, -0.15) is 0 Å². The number of para-hydroxylation sites is 1. The van der Waals surface area contributed by atoms with Gasteiger partial charge in [0.1, 0.15) is 13.2 Å². The Bertz CT molecular complexity index is 630. The Labute approximate surface area is 141 Å². The van der Waals surface area contributed by atoms with E-state index in [9.17, 15) is 14.3 Å². The highest BCUT2D eigenvalue weighted by Crippen LogP contribution is 2.61. The summed E-state index contributed by atoms with van der Waals surface area (Å²) in [5.74, 6) is 0.411. The number of carbonyl (C=O) groups excluding carboxylic acids is 1. The molecule has 0 aliphatic heterocycles. The third kappa shape index (κ3) is 2.79. The number of rotatable bonds is 5. The molecule has 2 atom stereocenters. The van der Waals surface area contributed by atoms with Crippen molar-refractivity contribution in [3.8, 4) is 5.75 Å². The Morgan fingerprint density at radius 1 is 1.17 bits per heavy atom. The molecule has 5 rings (SSSR count). The molecule has 4 aliphatic carbocycles. The first-order valence-corrected chi connectivity index (χ1v) is 8.75. The molecule has 0 aromatic heterocycles. The number of hydrogen-bond acceptors (Lipinski definition) is 4. The maximum absolute atomic E-state index is 13.5. The van der Waals surface area contributed by atoms with Crippen LogP contribution in [0.1, 0.15) is 38.5 Å². The van der Waals surface area contributed by atoms with Gasteiger partial charge in [-0.05, 0) is 62.5 Å². The van der Waals surface area contributed by atoms with Crippen LogP contribution in [-0.2, 0) is 9.53 Å². The number of carbonyl (C=O) groups is 1. The van der Waals surface area contributed by atoms with Gasteiger partial charge in [0.25, 0.3) is 0 Å².